The number of benzene rings is 1. The smallest absolute Gasteiger partial charge is 0.270 e. The number of ether oxygens (including phenoxy) is 2. The van der Waals surface area contributed by atoms with E-state index >= 15 is 0 Å². The predicted molar refractivity (Wildman–Crippen MR) is 170 cm³/mol. The van der Waals surface area contributed by atoms with E-state index in [0.717, 1.165) is 38.7 Å². The predicted octanol–water partition coefficient (Wildman–Crippen LogP) is 2.51. The molecular formula is C34H35N7O5. The Hall–Kier alpha value is -4.94. The molecule has 2 aliphatic heterocycles. The SMILES string of the molecule is Cc1cc(C[C@H]2NC(=O)c3ccc4c(n3)CC3(C4)C(=O)Nc4ncc(cc43)/C=C/COCCOCCN(C)C2=O)cc2cn[nH]c12. The van der Waals surface area contributed by atoms with Gasteiger partial charge < -0.3 is 25.0 Å². The lowest BCUT2D eigenvalue weighted by molar-refractivity contribution is -0.132. The minimum atomic E-state index is -0.855. The lowest BCUT2D eigenvalue weighted by Gasteiger charge is -2.25. The number of hydrogen-bond acceptors (Lipinski definition) is 8. The molecule has 1 aromatic carbocycles. The summed E-state index contributed by atoms with van der Waals surface area (Å²) in [6, 6.07) is 8.63. The van der Waals surface area contributed by atoms with E-state index in [1.807, 2.05) is 43.3 Å². The van der Waals surface area contributed by atoms with Gasteiger partial charge in [-0.25, -0.2) is 9.97 Å². The molecule has 0 radical (unpaired) electrons. The van der Waals surface area contributed by atoms with Gasteiger partial charge in [0, 0.05) is 49.3 Å². The first-order valence-corrected chi connectivity index (χ1v) is 15.4. The summed E-state index contributed by atoms with van der Waals surface area (Å²) in [7, 11) is 1.70. The maximum atomic E-state index is 13.8. The Morgan fingerprint density at radius 3 is 2.80 bits per heavy atom. The van der Waals surface area contributed by atoms with Crippen LogP contribution in [0.5, 0.6) is 0 Å². The fourth-order valence-corrected chi connectivity index (χ4v) is 6.61. The van der Waals surface area contributed by atoms with Crippen LogP contribution in [0.25, 0.3) is 17.0 Å². The van der Waals surface area contributed by atoms with Crippen molar-refractivity contribution in [1.29, 1.82) is 0 Å². The van der Waals surface area contributed by atoms with Crippen molar-refractivity contribution in [2.75, 3.05) is 45.3 Å². The van der Waals surface area contributed by atoms with E-state index in [1.165, 1.54) is 0 Å². The molecule has 1 aliphatic carbocycles. The van der Waals surface area contributed by atoms with Gasteiger partial charge in [0.25, 0.3) is 5.91 Å². The Bertz CT molecular complexity index is 1880. The molecule has 3 N–H and O–H groups in total. The molecule has 1 unspecified atom stereocenters. The van der Waals surface area contributed by atoms with Gasteiger partial charge in [0.05, 0.1) is 43.6 Å². The number of fused-ring (bicyclic) bond motifs is 3. The summed E-state index contributed by atoms with van der Waals surface area (Å²) < 4.78 is 11.4. The maximum Gasteiger partial charge on any atom is 0.270 e. The third-order valence-corrected chi connectivity index (χ3v) is 9.05. The summed E-state index contributed by atoms with van der Waals surface area (Å²) in [6.07, 6.45) is 8.37. The molecule has 3 amide bonds. The summed E-state index contributed by atoms with van der Waals surface area (Å²) in [5, 5.41) is 14.0. The summed E-state index contributed by atoms with van der Waals surface area (Å²) in [5.41, 5.74) is 5.43. The normalized spacial score (nSPS) is 22.8. The number of amides is 3. The number of likely N-dealkylation sites (N-methyl/N-ethyl adjacent to an activating group) is 1. The first-order chi connectivity index (χ1) is 22.3. The highest BCUT2D eigenvalue weighted by molar-refractivity contribution is 6.06. The van der Waals surface area contributed by atoms with Crippen LogP contribution in [-0.2, 0) is 43.7 Å². The van der Waals surface area contributed by atoms with Crippen LogP contribution >= 0.6 is 0 Å². The van der Waals surface area contributed by atoms with Crippen molar-refractivity contribution in [2.24, 2.45) is 0 Å². The molecule has 5 bridgehead atoms. The molecule has 46 heavy (non-hydrogen) atoms. The van der Waals surface area contributed by atoms with Crippen LogP contribution in [0, 0.1) is 6.92 Å². The number of aromatic amines is 1. The number of pyridine rings is 2. The van der Waals surface area contributed by atoms with Gasteiger partial charge in [0.2, 0.25) is 11.8 Å². The number of aryl methyl sites for hydroxylation is 1. The molecule has 12 nitrogen and oxygen atoms in total. The molecule has 3 aromatic heterocycles. The second kappa shape index (κ2) is 12.1. The minimum Gasteiger partial charge on any atom is -0.377 e. The van der Waals surface area contributed by atoms with Crippen LogP contribution in [0.15, 0.2) is 48.8 Å². The number of carbonyl (C=O) groups is 3. The number of anilines is 1. The molecule has 236 valence electrons. The first kappa shape index (κ1) is 29.8. The third-order valence-electron chi connectivity index (χ3n) is 9.05. The van der Waals surface area contributed by atoms with Crippen LogP contribution in [0.1, 0.15) is 44.0 Å². The van der Waals surface area contributed by atoms with E-state index < -0.39 is 17.4 Å². The second-order valence-electron chi connectivity index (χ2n) is 12.2. The van der Waals surface area contributed by atoms with Crippen molar-refractivity contribution in [1.82, 2.24) is 30.4 Å². The van der Waals surface area contributed by atoms with E-state index in [-0.39, 0.29) is 23.9 Å². The molecular weight excluding hydrogens is 586 g/mol. The van der Waals surface area contributed by atoms with Gasteiger partial charge in [-0.2, -0.15) is 5.10 Å². The van der Waals surface area contributed by atoms with Gasteiger partial charge in [-0.1, -0.05) is 24.3 Å². The summed E-state index contributed by atoms with van der Waals surface area (Å²) in [5.74, 6) is -0.285. The molecule has 0 saturated heterocycles. The van der Waals surface area contributed by atoms with Crippen LogP contribution < -0.4 is 10.6 Å². The highest BCUT2D eigenvalue weighted by Crippen LogP contribution is 2.46. The fraction of sp³-hybridized carbons (Fsp3) is 0.353. The highest BCUT2D eigenvalue weighted by atomic mass is 16.5. The lowest BCUT2D eigenvalue weighted by Crippen LogP contribution is -2.49. The van der Waals surface area contributed by atoms with Crippen LogP contribution in [0.3, 0.4) is 0 Å². The molecule has 0 saturated carbocycles. The zero-order valence-corrected chi connectivity index (χ0v) is 25.8. The molecule has 0 fully saturated rings. The average Bonchev–Trinajstić information content (AvgIpc) is 3.75. The molecule has 2 atom stereocenters. The largest absolute Gasteiger partial charge is 0.377 e. The van der Waals surface area contributed by atoms with Crippen molar-refractivity contribution in [3.05, 3.63) is 88.0 Å². The third kappa shape index (κ3) is 5.54. The van der Waals surface area contributed by atoms with Gasteiger partial charge >= 0.3 is 0 Å². The van der Waals surface area contributed by atoms with Gasteiger partial charge in [0.1, 0.15) is 17.6 Å². The average molecular weight is 622 g/mol. The molecule has 7 rings (SSSR count). The monoisotopic (exact) mass is 621 g/mol. The van der Waals surface area contributed by atoms with Gasteiger partial charge in [-0.15, -0.1) is 0 Å². The highest BCUT2D eigenvalue weighted by Gasteiger charge is 2.52. The molecule has 4 aromatic rings. The summed E-state index contributed by atoms with van der Waals surface area (Å²) in [4.78, 5) is 51.7. The molecule has 12 heteroatoms. The Kier molecular flexibility index (Phi) is 7.83. The quantitative estimate of drug-likeness (QED) is 0.309. The van der Waals surface area contributed by atoms with E-state index in [0.29, 0.717) is 57.3 Å². The van der Waals surface area contributed by atoms with Crippen molar-refractivity contribution in [3.8, 4) is 0 Å². The fourth-order valence-electron chi connectivity index (χ4n) is 6.61. The van der Waals surface area contributed by atoms with Crippen molar-refractivity contribution in [3.63, 3.8) is 0 Å². The van der Waals surface area contributed by atoms with Gasteiger partial charge in [-0.3, -0.25) is 19.5 Å². The number of H-pyrrole nitrogens is 1. The number of nitrogens with zero attached hydrogens (tertiary/aromatic N) is 4. The topological polar surface area (TPSA) is 151 Å². The molecule has 1 spiro atoms. The molecule has 3 aliphatic rings. The Morgan fingerprint density at radius 2 is 1.91 bits per heavy atom. The van der Waals surface area contributed by atoms with Crippen LogP contribution in [0.4, 0.5) is 5.82 Å². The number of rotatable bonds is 2. The van der Waals surface area contributed by atoms with E-state index in [9.17, 15) is 14.4 Å². The van der Waals surface area contributed by atoms with E-state index in [2.05, 4.69) is 25.8 Å². The zero-order chi connectivity index (χ0) is 31.8. The van der Waals surface area contributed by atoms with Gasteiger partial charge in [-0.05, 0) is 53.8 Å². The zero-order valence-electron chi connectivity index (χ0n) is 25.8. The minimum absolute atomic E-state index is 0.128. The summed E-state index contributed by atoms with van der Waals surface area (Å²) >= 11 is 0. The van der Waals surface area contributed by atoms with Crippen molar-refractivity contribution in [2.45, 2.75) is 37.6 Å². The Balaban J connectivity index is 1.20. The number of carbonyl (C=O) groups excluding carboxylic acids is 3. The first-order valence-electron chi connectivity index (χ1n) is 15.4. The summed E-state index contributed by atoms with van der Waals surface area (Å²) in [6.45, 7) is 3.81. The van der Waals surface area contributed by atoms with Crippen molar-refractivity contribution >= 4 is 40.5 Å². The number of aromatic nitrogens is 4. The Labute approximate surface area is 265 Å². The van der Waals surface area contributed by atoms with Gasteiger partial charge in [0.15, 0.2) is 0 Å². The van der Waals surface area contributed by atoms with Crippen LogP contribution in [0.2, 0.25) is 0 Å². The van der Waals surface area contributed by atoms with E-state index in [4.69, 9.17) is 14.5 Å². The lowest BCUT2D eigenvalue weighted by atomic mass is 9.79. The van der Waals surface area contributed by atoms with E-state index in [1.54, 1.807) is 30.4 Å². The number of hydrogen-bond donors (Lipinski definition) is 3. The second-order valence-corrected chi connectivity index (χ2v) is 12.2. The standard InChI is InChI=1S/C34H35N7O5/c1-20-12-22(13-24-19-36-40-29(20)24)15-27-32(43)41(2)7-9-46-11-10-45-8-3-4-21-14-25-30(35-18-21)39-33(44)34(25)16-23-5-6-26(31(42)38-27)37-28(23)17-34/h3-6,12-14,18-19,27H,7-11,15-17H2,1-2H3,(H,36,40)(H,38,42)(H,35,39,44)/b4-3+/t27-,34?/m1/s1. The maximum absolute atomic E-state index is 13.8. The number of nitrogens with one attached hydrogen (secondary N) is 3. The Morgan fingerprint density at radius 1 is 1.04 bits per heavy atom. The van der Waals surface area contributed by atoms with Crippen LogP contribution in [-0.4, -0.2) is 88.8 Å². The van der Waals surface area contributed by atoms with Crippen molar-refractivity contribution < 1.29 is 23.9 Å². The molecule has 5 heterocycles.